The summed E-state index contributed by atoms with van der Waals surface area (Å²) in [5, 5.41) is 12.8. The standard InChI is InChI=1S/C26H22N4O6/c1-30-22-11-17(6-8-26(33)15-34-16-26)4-5-23(22)35-14-21(25(30)32)29-24(31)20-12-18(7-10-28-20)36-19-3-2-9-27-13-19/h2-5,7,9-13,21,33H,14-16H2,1H3,(H,29,31). The first kappa shape index (κ1) is 23.3. The summed E-state index contributed by atoms with van der Waals surface area (Å²) in [4.78, 5) is 35.6. The Morgan fingerprint density at radius 3 is 2.83 bits per heavy atom. The van der Waals surface area contributed by atoms with E-state index >= 15 is 0 Å². The molecule has 2 aliphatic rings. The summed E-state index contributed by atoms with van der Waals surface area (Å²) in [6, 6.07) is 10.8. The number of anilines is 1. The molecule has 1 unspecified atom stereocenters. The molecule has 1 atom stereocenters. The van der Waals surface area contributed by atoms with Crippen LogP contribution in [0.4, 0.5) is 5.69 Å². The Labute approximate surface area is 206 Å². The third-order valence-corrected chi connectivity index (χ3v) is 5.62. The molecule has 5 rings (SSSR count). The predicted molar refractivity (Wildman–Crippen MR) is 128 cm³/mol. The van der Waals surface area contributed by atoms with Crippen LogP contribution in [-0.4, -0.2) is 65.4 Å². The maximum atomic E-state index is 13.2. The largest absolute Gasteiger partial charge is 0.489 e. The molecular formula is C26H22N4O6. The number of nitrogens with one attached hydrogen (secondary N) is 1. The smallest absolute Gasteiger partial charge is 0.270 e. The van der Waals surface area contributed by atoms with Gasteiger partial charge in [-0.1, -0.05) is 11.8 Å². The fourth-order valence-corrected chi connectivity index (χ4v) is 3.61. The summed E-state index contributed by atoms with van der Waals surface area (Å²) < 4.78 is 16.5. The van der Waals surface area contributed by atoms with Crippen LogP contribution in [0.25, 0.3) is 0 Å². The summed E-state index contributed by atoms with van der Waals surface area (Å²) in [5.41, 5.74) is 0.0540. The number of fused-ring (bicyclic) bond motifs is 1. The fourth-order valence-electron chi connectivity index (χ4n) is 3.61. The third-order valence-electron chi connectivity index (χ3n) is 5.62. The third kappa shape index (κ3) is 4.98. The van der Waals surface area contributed by atoms with Gasteiger partial charge < -0.3 is 29.5 Å². The number of rotatable bonds is 4. The fraction of sp³-hybridized carbons (Fsp3) is 0.231. The molecule has 182 valence electrons. The van der Waals surface area contributed by atoms with Gasteiger partial charge in [0.1, 0.15) is 35.6 Å². The Hall–Kier alpha value is -4.46. The second kappa shape index (κ2) is 9.65. The van der Waals surface area contributed by atoms with Crippen molar-refractivity contribution in [1.82, 2.24) is 15.3 Å². The van der Waals surface area contributed by atoms with Crippen LogP contribution >= 0.6 is 0 Å². The van der Waals surface area contributed by atoms with Gasteiger partial charge in [0, 0.05) is 31.1 Å². The molecule has 1 fully saturated rings. The Balaban J connectivity index is 1.29. The minimum absolute atomic E-state index is 0.0596. The number of hydrogen-bond acceptors (Lipinski definition) is 8. The molecule has 4 heterocycles. The van der Waals surface area contributed by atoms with Gasteiger partial charge in [0.15, 0.2) is 5.60 Å². The minimum Gasteiger partial charge on any atom is -0.489 e. The highest BCUT2D eigenvalue weighted by molar-refractivity contribution is 6.03. The van der Waals surface area contributed by atoms with E-state index in [2.05, 4.69) is 27.1 Å². The summed E-state index contributed by atoms with van der Waals surface area (Å²) in [7, 11) is 1.60. The van der Waals surface area contributed by atoms with E-state index in [1.165, 1.54) is 17.2 Å². The number of likely N-dealkylation sites (N-methyl/N-ethyl adjacent to an activating group) is 1. The van der Waals surface area contributed by atoms with Gasteiger partial charge in [-0.05, 0) is 36.4 Å². The van der Waals surface area contributed by atoms with Gasteiger partial charge in [-0.25, -0.2) is 0 Å². The van der Waals surface area contributed by atoms with Crippen LogP contribution < -0.4 is 19.7 Å². The number of hydrogen-bond donors (Lipinski definition) is 2. The molecule has 0 bridgehead atoms. The summed E-state index contributed by atoms with van der Waals surface area (Å²) in [6.45, 7) is 0.276. The van der Waals surface area contributed by atoms with E-state index in [1.54, 1.807) is 55.8 Å². The first-order valence-corrected chi connectivity index (χ1v) is 11.1. The summed E-state index contributed by atoms with van der Waals surface area (Å²) in [5.74, 6) is 6.19. The Morgan fingerprint density at radius 1 is 1.22 bits per heavy atom. The first-order valence-electron chi connectivity index (χ1n) is 11.1. The zero-order valence-corrected chi connectivity index (χ0v) is 19.3. The van der Waals surface area contributed by atoms with Crippen molar-refractivity contribution in [3.8, 4) is 29.1 Å². The van der Waals surface area contributed by atoms with Gasteiger partial charge in [-0.2, -0.15) is 0 Å². The molecule has 0 aliphatic carbocycles. The quantitative estimate of drug-likeness (QED) is 0.533. The number of aliphatic hydroxyl groups is 1. The van der Waals surface area contributed by atoms with E-state index in [0.717, 1.165) is 0 Å². The lowest BCUT2D eigenvalue weighted by Crippen LogP contribution is -2.49. The predicted octanol–water partition coefficient (Wildman–Crippen LogP) is 1.54. The van der Waals surface area contributed by atoms with Crippen molar-refractivity contribution in [3.05, 3.63) is 72.3 Å². The zero-order chi connectivity index (χ0) is 25.1. The van der Waals surface area contributed by atoms with Crippen LogP contribution in [-0.2, 0) is 9.53 Å². The number of nitrogens with zero attached hydrogens (tertiary/aromatic N) is 3. The van der Waals surface area contributed by atoms with Gasteiger partial charge in [0.05, 0.1) is 25.1 Å². The molecule has 2 N–H and O–H groups in total. The van der Waals surface area contributed by atoms with E-state index in [1.807, 2.05) is 0 Å². The first-order chi connectivity index (χ1) is 17.4. The molecule has 1 aromatic carbocycles. The van der Waals surface area contributed by atoms with Crippen LogP contribution in [0.1, 0.15) is 16.1 Å². The van der Waals surface area contributed by atoms with Crippen molar-refractivity contribution in [3.63, 3.8) is 0 Å². The van der Waals surface area contributed by atoms with Crippen LogP contribution in [0.2, 0.25) is 0 Å². The number of carbonyl (C=O) groups excluding carboxylic acids is 2. The van der Waals surface area contributed by atoms with Gasteiger partial charge in [0.2, 0.25) is 0 Å². The molecule has 2 aliphatic heterocycles. The highest BCUT2D eigenvalue weighted by atomic mass is 16.5. The monoisotopic (exact) mass is 486 g/mol. The lowest BCUT2D eigenvalue weighted by molar-refractivity contribution is -0.140. The molecule has 2 aromatic heterocycles. The maximum Gasteiger partial charge on any atom is 0.270 e. The number of pyridine rings is 2. The van der Waals surface area contributed by atoms with Crippen LogP contribution in [0.3, 0.4) is 0 Å². The Morgan fingerprint density at radius 2 is 2.08 bits per heavy atom. The zero-order valence-electron chi connectivity index (χ0n) is 19.3. The Kier molecular flexibility index (Phi) is 6.25. The van der Waals surface area contributed by atoms with Crippen LogP contribution in [0, 0.1) is 11.8 Å². The van der Waals surface area contributed by atoms with Crippen LogP contribution in [0.5, 0.6) is 17.2 Å². The van der Waals surface area contributed by atoms with Crippen molar-refractivity contribution in [2.75, 3.05) is 31.8 Å². The van der Waals surface area contributed by atoms with Crippen molar-refractivity contribution in [1.29, 1.82) is 0 Å². The van der Waals surface area contributed by atoms with Crippen molar-refractivity contribution < 1.29 is 28.9 Å². The lowest BCUT2D eigenvalue weighted by Gasteiger charge is -2.30. The van der Waals surface area contributed by atoms with E-state index in [4.69, 9.17) is 14.2 Å². The second-order valence-corrected chi connectivity index (χ2v) is 8.36. The Bertz CT molecular complexity index is 1360. The normalized spacial score (nSPS) is 17.9. The summed E-state index contributed by atoms with van der Waals surface area (Å²) in [6.07, 6.45) is 4.63. The molecule has 0 radical (unpaired) electrons. The molecule has 0 saturated carbocycles. The number of carbonyl (C=O) groups is 2. The molecule has 0 spiro atoms. The molecule has 10 heteroatoms. The van der Waals surface area contributed by atoms with E-state index in [0.29, 0.717) is 28.5 Å². The topological polar surface area (TPSA) is 123 Å². The van der Waals surface area contributed by atoms with Gasteiger partial charge in [-0.3, -0.25) is 19.6 Å². The number of amides is 2. The highest BCUT2D eigenvalue weighted by Crippen LogP contribution is 2.31. The van der Waals surface area contributed by atoms with Crippen LogP contribution in [0.15, 0.2) is 61.1 Å². The average molecular weight is 486 g/mol. The van der Waals surface area contributed by atoms with Gasteiger partial charge in [-0.15, -0.1) is 0 Å². The van der Waals surface area contributed by atoms with E-state index in [9.17, 15) is 14.7 Å². The molecule has 3 aromatic rings. The van der Waals surface area contributed by atoms with Crippen molar-refractivity contribution in [2.45, 2.75) is 11.6 Å². The highest BCUT2D eigenvalue weighted by Gasteiger charge is 2.34. The van der Waals surface area contributed by atoms with E-state index in [-0.39, 0.29) is 31.4 Å². The average Bonchev–Trinajstić information content (AvgIpc) is 2.99. The molecular weight excluding hydrogens is 464 g/mol. The second-order valence-electron chi connectivity index (χ2n) is 8.36. The minimum atomic E-state index is -1.14. The molecule has 10 nitrogen and oxygen atoms in total. The number of ether oxygens (including phenoxy) is 3. The van der Waals surface area contributed by atoms with Gasteiger partial charge >= 0.3 is 0 Å². The summed E-state index contributed by atoms with van der Waals surface area (Å²) >= 11 is 0. The van der Waals surface area contributed by atoms with E-state index < -0.39 is 17.6 Å². The maximum absolute atomic E-state index is 13.2. The number of benzene rings is 1. The lowest BCUT2D eigenvalue weighted by atomic mass is 10.0. The van der Waals surface area contributed by atoms with Crippen molar-refractivity contribution in [2.24, 2.45) is 0 Å². The molecule has 36 heavy (non-hydrogen) atoms. The molecule has 2 amide bonds. The SMILES string of the molecule is CN1C(=O)C(NC(=O)c2cc(Oc3cccnc3)ccn2)COc2ccc(C#CC3(O)COC3)cc21. The van der Waals surface area contributed by atoms with Gasteiger partial charge in [0.25, 0.3) is 11.8 Å². The van der Waals surface area contributed by atoms with Crippen molar-refractivity contribution >= 4 is 17.5 Å². The number of aromatic nitrogens is 2. The molecule has 1 saturated heterocycles.